The number of carbonyl (C=O) groups is 1. The number of benzene rings is 2. The van der Waals surface area contributed by atoms with Crippen LogP contribution in [-0.4, -0.2) is 15.9 Å². The largest absolute Gasteiger partial charge is 0.399 e. The zero-order chi connectivity index (χ0) is 14.8. The number of anilines is 3. The average Bonchev–Trinajstić information content (AvgIpc) is 2.48. The van der Waals surface area contributed by atoms with E-state index in [2.05, 4.69) is 15.3 Å². The van der Waals surface area contributed by atoms with Gasteiger partial charge in [0.25, 0.3) is 5.91 Å². The Labute approximate surface area is 120 Å². The molecule has 0 aliphatic carbocycles. The predicted molar refractivity (Wildman–Crippen MR) is 82.8 cm³/mol. The molecule has 6 nitrogen and oxygen atoms in total. The Bertz CT molecular complexity index is 814. The summed E-state index contributed by atoms with van der Waals surface area (Å²) in [6, 6.07) is 11.9. The highest BCUT2D eigenvalue weighted by Gasteiger charge is 2.10. The Kier molecular flexibility index (Phi) is 3.12. The smallest absolute Gasteiger partial charge is 0.256 e. The average molecular weight is 279 g/mol. The van der Waals surface area contributed by atoms with E-state index in [4.69, 9.17) is 11.5 Å². The zero-order valence-corrected chi connectivity index (χ0v) is 11.1. The van der Waals surface area contributed by atoms with Crippen molar-refractivity contribution in [2.75, 3.05) is 16.8 Å². The molecule has 0 aliphatic rings. The van der Waals surface area contributed by atoms with Crippen molar-refractivity contribution in [3.05, 3.63) is 54.4 Å². The monoisotopic (exact) mass is 279 g/mol. The van der Waals surface area contributed by atoms with Gasteiger partial charge in [-0.1, -0.05) is 0 Å². The molecule has 6 heteroatoms. The first-order valence-corrected chi connectivity index (χ1v) is 6.30. The molecule has 0 aliphatic heterocycles. The van der Waals surface area contributed by atoms with Gasteiger partial charge in [-0.2, -0.15) is 0 Å². The van der Waals surface area contributed by atoms with Crippen LogP contribution in [0.2, 0.25) is 0 Å². The fourth-order valence-corrected chi connectivity index (χ4v) is 1.99. The van der Waals surface area contributed by atoms with E-state index in [-0.39, 0.29) is 5.91 Å². The summed E-state index contributed by atoms with van der Waals surface area (Å²) in [4.78, 5) is 20.5. The number of aromatic nitrogens is 2. The maximum atomic E-state index is 12.2. The highest BCUT2D eigenvalue weighted by Crippen LogP contribution is 2.22. The maximum absolute atomic E-state index is 12.2. The van der Waals surface area contributed by atoms with Gasteiger partial charge in [0.15, 0.2) is 0 Å². The lowest BCUT2D eigenvalue weighted by Crippen LogP contribution is -2.13. The Morgan fingerprint density at radius 2 is 1.67 bits per heavy atom. The first-order valence-electron chi connectivity index (χ1n) is 6.30. The molecule has 0 fully saturated rings. The number of hydrogen-bond donors (Lipinski definition) is 3. The molecular formula is C15H13N5O. The summed E-state index contributed by atoms with van der Waals surface area (Å²) < 4.78 is 0. The highest BCUT2D eigenvalue weighted by molar-refractivity contribution is 6.08. The van der Waals surface area contributed by atoms with Gasteiger partial charge < -0.3 is 16.8 Å². The lowest BCUT2D eigenvalue weighted by Gasteiger charge is -2.08. The molecule has 1 aromatic heterocycles. The molecule has 0 saturated carbocycles. The molecule has 5 N–H and O–H groups in total. The van der Waals surface area contributed by atoms with Crippen molar-refractivity contribution >= 4 is 34.0 Å². The molecular weight excluding hydrogens is 266 g/mol. The number of nitrogens with one attached hydrogen (secondary N) is 1. The van der Waals surface area contributed by atoms with Crippen molar-refractivity contribution in [3.8, 4) is 0 Å². The van der Waals surface area contributed by atoms with Crippen molar-refractivity contribution < 1.29 is 4.79 Å². The van der Waals surface area contributed by atoms with Crippen molar-refractivity contribution in [2.45, 2.75) is 0 Å². The number of rotatable bonds is 2. The number of hydrogen-bond acceptors (Lipinski definition) is 5. The lowest BCUT2D eigenvalue weighted by molar-refractivity contribution is 0.102. The van der Waals surface area contributed by atoms with Gasteiger partial charge in [0.05, 0.1) is 5.52 Å². The number of fused-ring (bicyclic) bond motifs is 1. The second-order valence-corrected chi connectivity index (χ2v) is 4.57. The number of nitrogens with two attached hydrogens (primary N) is 2. The molecule has 0 atom stereocenters. The Morgan fingerprint density at radius 1 is 0.952 bits per heavy atom. The third kappa shape index (κ3) is 2.59. The Balaban J connectivity index is 1.96. The SMILES string of the molecule is Nc1ccc(C(=O)Nc2ncnc3ccc(N)cc23)cc1. The van der Waals surface area contributed by atoms with E-state index in [0.717, 1.165) is 0 Å². The van der Waals surface area contributed by atoms with Gasteiger partial charge in [-0.05, 0) is 42.5 Å². The Hall–Kier alpha value is -3.15. The van der Waals surface area contributed by atoms with Crippen LogP contribution in [0.4, 0.5) is 17.2 Å². The topological polar surface area (TPSA) is 107 Å². The minimum atomic E-state index is -0.266. The maximum Gasteiger partial charge on any atom is 0.256 e. The summed E-state index contributed by atoms with van der Waals surface area (Å²) in [6.45, 7) is 0. The highest BCUT2D eigenvalue weighted by atomic mass is 16.1. The molecule has 0 unspecified atom stereocenters. The molecule has 0 radical (unpaired) electrons. The number of nitrogens with zero attached hydrogens (tertiary/aromatic N) is 2. The van der Waals surface area contributed by atoms with Crippen LogP contribution in [0.1, 0.15) is 10.4 Å². The molecule has 104 valence electrons. The standard InChI is InChI=1S/C15H13N5O/c16-10-3-1-9(2-4-10)15(21)20-14-12-7-11(17)5-6-13(12)18-8-19-14/h1-8H,16-17H2,(H,18,19,20,21). The van der Waals surface area contributed by atoms with E-state index in [1.165, 1.54) is 6.33 Å². The van der Waals surface area contributed by atoms with E-state index >= 15 is 0 Å². The number of carbonyl (C=O) groups excluding carboxylic acids is 1. The number of amides is 1. The van der Waals surface area contributed by atoms with Gasteiger partial charge in [0.2, 0.25) is 0 Å². The second kappa shape index (κ2) is 5.09. The van der Waals surface area contributed by atoms with Gasteiger partial charge >= 0.3 is 0 Å². The quantitative estimate of drug-likeness (QED) is 0.622. The predicted octanol–water partition coefficient (Wildman–Crippen LogP) is 2.05. The molecule has 0 spiro atoms. The van der Waals surface area contributed by atoms with Gasteiger partial charge in [0.1, 0.15) is 12.1 Å². The molecule has 21 heavy (non-hydrogen) atoms. The van der Waals surface area contributed by atoms with Crippen LogP contribution < -0.4 is 16.8 Å². The fraction of sp³-hybridized carbons (Fsp3) is 0. The van der Waals surface area contributed by atoms with Crippen LogP contribution in [0.3, 0.4) is 0 Å². The molecule has 3 rings (SSSR count). The van der Waals surface area contributed by atoms with E-state index in [1.807, 2.05) is 0 Å². The zero-order valence-electron chi connectivity index (χ0n) is 11.1. The molecule has 2 aromatic carbocycles. The van der Waals surface area contributed by atoms with Crippen molar-refractivity contribution in [1.29, 1.82) is 0 Å². The molecule has 3 aromatic rings. The first kappa shape index (κ1) is 12.9. The van der Waals surface area contributed by atoms with Crippen LogP contribution in [0, 0.1) is 0 Å². The van der Waals surface area contributed by atoms with Gasteiger partial charge in [-0.15, -0.1) is 0 Å². The van der Waals surface area contributed by atoms with Gasteiger partial charge in [0, 0.05) is 22.3 Å². The van der Waals surface area contributed by atoms with Crippen LogP contribution in [0.15, 0.2) is 48.8 Å². The van der Waals surface area contributed by atoms with Crippen LogP contribution in [0.5, 0.6) is 0 Å². The third-order valence-electron chi connectivity index (χ3n) is 3.06. The molecule has 0 bridgehead atoms. The van der Waals surface area contributed by atoms with Crippen molar-refractivity contribution in [2.24, 2.45) is 0 Å². The summed E-state index contributed by atoms with van der Waals surface area (Å²) in [5.74, 6) is 0.159. The summed E-state index contributed by atoms with van der Waals surface area (Å²) in [5.41, 5.74) is 13.8. The fourth-order valence-electron chi connectivity index (χ4n) is 1.99. The van der Waals surface area contributed by atoms with Gasteiger partial charge in [-0.25, -0.2) is 9.97 Å². The third-order valence-corrected chi connectivity index (χ3v) is 3.06. The van der Waals surface area contributed by atoms with E-state index < -0.39 is 0 Å². The summed E-state index contributed by atoms with van der Waals surface area (Å²) in [6.07, 6.45) is 1.40. The minimum Gasteiger partial charge on any atom is -0.399 e. The molecule has 1 heterocycles. The summed E-state index contributed by atoms with van der Waals surface area (Å²) >= 11 is 0. The molecule has 0 saturated heterocycles. The number of nitrogen functional groups attached to an aromatic ring is 2. The summed E-state index contributed by atoms with van der Waals surface area (Å²) in [7, 11) is 0. The van der Waals surface area contributed by atoms with E-state index in [1.54, 1.807) is 42.5 Å². The van der Waals surface area contributed by atoms with Crippen LogP contribution >= 0.6 is 0 Å². The molecule has 1 amide bonds. The first-order chi connectivity index (χ1) is 10.1. The minimum absolute atomic E-state index is 0.266. The normalized spacial score (nSPS) is 10.5. The van der Waals surface area contributed by atoms with Crippen LogP contribution in [0.25, 0.3) is 10.9 Å². The second-order valence-electron chi connectivity index (χ2n) is 4.57. The van der Waals surface area contributed by atoms with Gasteiger partial charge in [-0.3, -0.25) is 4.79 Å². The van der Waals surface area contributed by atoms with Crippen LogP contribution in [-0.2, 0) is 0 Å². The van der Waals surface area contributed by atoms with E-state index in [0.29, 0.717) is 33.7 Å². The van der Waals surface area contributed by atoms with E-state index in [9.17, 15) is 4.79 Å². The Morgan fingerprint density at radius 3 is 2.43 bits per heavy atom. The summed E-state index contributed by atoms with van der Waals surface area (Å²) in [5, 5.41) is 3.46. The lowest BCUT2D eigenvalue weighted by atomic mass is 10.2. The van der Waals surface area contributed by atoms with Crippen molar-refractivity contribution in [1.82, 2.24) is 9.97 Å². The van der Waals surface area contributed by atoms with Crippen molar-refractivity contribution in [3.63, 3.8) is 0 Å².